The van der Waals surface area contributed by atoms with E-state index in [9.17, 15) is 0 Å². The second-order valence-electron chi connectivity index (χ2n) is 3.99. The van der Waals surface area contributed by atoms with Crippen molar-refractivity contribution in [1.82, 2.24) is 0 Å². The quantitative estimate of drug-likeness (QED) is 0.466. The van der Waals surface area contributed by atoms with Gasteiger partial charge in [0.1, 0.15) is 0 Å². The molecule has 0 unspecified atom stereocenters. The summed E-state index contributed by atoms with van der Waals surface area (Å²) in [5, 5.41) is 0. The summed E-state index contributed by atoms with van der Waals surface area (Å²) < 4.78 is 0. The fourth-order valence-electron chi connectivity index (χ4n) is 2.63. The molecule has 2 saturated carbocycles. The van der Waals surface area contributed by atoms with Crippen LogP contribution in [0.2, 0.25) is 0 Å². The maximum absolute atomic E-state index is 2.44. The highest BCUT2D eigenvalue weighted by Crippen LogP contribution is 2.44. The molecule has 0 N–H and O–H groups in total. The fraction of sp³-hybridized carbons (Fsp3) is 1.00. The van der Waals surface area contributed by atoms with E-state index in [1.807, 2.05) is 0 Å². The van der Waals surface area contributed by atoms with Crippen LogP contribution in [0.4, 0.5) is 0 Å². The fourth-order valence-corrected chi connectivity index (χ4v) is 2.63. The molecule has 2 aliphatic rings. The van der Waals surface area contributed by atoms with Crippen molar-refractivity contribution in [3.05, 3.63) is 0 Å². The van der Waals surface area contributed by atoms with Crippen LogP contribution in [0.5, 0.6) is 0 Å². The van der Waals surface area contributed by atoms with Crippen LogP contribution in [0.3, 0.4) is 0 Å². The van der Waals surface area contributed by atoms with Crippen LogP contribution in [0.15, 0.2) is 0 Å². The summed E-state index contributed by atoms with van der Waals surface area (Å²) in [6.07, 6.45) is 7.73. The third-order valence-electron chi connectivity index (χ3n) is 3.42. The summed E-state index contributed by atoms with van der Waals surface area (Å²) in [4.78, 5) is 0. The summed E-state index contributed by atoms with van der Waals surface area (Å²) in [5.74, 6) is 3.33. The molecule has 0 heteroatoms. The molecule has 2 aliphatic carbocycles. The Morgan fingerprint density at radius 1 is 1.00 bits per heavy atom. The molecule has 0 aromatic heterocycles. The minimum Gasteiger partial charge on any atom is -0.0622 e. The minimum absolute atomic E-state index is 1.06. The Hall–Kier alpha value is 0. The van der Waals surface area contributed by atoms with Gasteiger partial charge in [-0.1, -0.05) is 26.2 Å². The molecular weight excluding hydrogens is 108 g/mol. The second-order valence-corrected chi connectivity index (χ2v) is 3.99. The molecule has 0 aromatic carbocycles. The number of hydrogen-bond acceptors (Lipinski definition) is 0. The first-order valence-corrected chi connectivity index (χ1v) is 4.36. The summed E-state index contributed by atoms with van der Waals surface area (Å²) in [6, 6.07) is 0. The zero-order chi connectivity index (χ0) is 6.27. The number of rotatable bonds is 0. The first-order chi connectivity index (χ1) is 4.36. The van der Waals surface area contributed by atoms with Crippen LogP contribution in [0.1, 0.15) is 39.0 Å². The Morgan fingerprint density at radius 2 is 1.78 bits per heavy atom. The van der Waals surface area contributed by atoms with E-state index in [2.05, 4.69) is 6.92 Å². The molecule has 0 radical (unpaired) electrons. The first kappa shape index (κ1) is 5.76. The number of hydrogen-bond donors (Lipinski definition) is 0. The predicted molar refractivity (Wildman–Crippen MR) is 39.2 cm³/mol. The van der Waals surface area contributed by atoms with E-state index in [0.29, 0.717) is 0 Å². The predicted octanol–water partition coefficient (Wildman–Crippen LogP) is 2.83. The van der Waals surface area contributed by atoms with Gasteiger partial charge in [0.05, 0.1) is 0 Å². The Kier molecular flexibility index (Phi) is 1.28. The lowest BCUT2D eigenvalue weighted by molar-refractivity contribution is 0.265. The van der Waals surface area contributed by atoms with Crippen molar-refractivity contribution in [1.29, 1.82) is 0 Å². The lowest BCUT2D eigenvalue weighted by Crippen LogP contribution is -2.14. The molecule has 52 valence electrons. The highest BCUT2D eigenvalue weighted by atomic mass is 14.4. The molecule has 0 amide bonds. The molecule has 0 heterocycles. The van der Waals surface area contributed by atoms with Gasteiger partial charge in [0, 0.05) is 0 Å². The molecule has 3 atom stereocenters. The van der Waals surface area contributed by atoms with Crippen molar-refractivity contribution in [3.63, 3.8) is 0 Å². The van der Waals surface area contributed by atoms with Gasteiger partial charge in [-0.3, -0.25) is 0 Å². The van der Waals surface area contributed by atoms with E-state index < -0.39 is 0 Å². The van der Waals surface area contributed by atoms with Gasteiger partial charge in [0.2, 0.25) is 0 Å². The molecule has 2 fully saturated rings. The average Bonchev–Trinajstić information content (AvgIpc) is 2.25. The van der Waals surface area contributed by atoms with Crippen molar-refractivity contribution in [2.24, 2.45) is 17.8 Å². The molecule has 0 aliphatic heterocycles. The van der Waals surface area contributed by atoms with E-state index >= 15 is 0 Å². The van der Waals surface area contributed by atoms with E-state index in [0.717, 1.165) is 17.8 Å². The van der Waals surface area contributed by atoms with Gasteiger partial charge in [-0.05, 0) is 30.6 Å². The second kappa shape index (κ2) is 2.00. The van der Waals surface area contributed by atoms with Crippen LogP contribution in [-0.2, 0) is 0 Å². The molecule has 0 spiro atoms. The summed E-state index contributed by atoms with van der Waals surface area (Å²) >= 11 is 0. The highest BCUT2D eigenvalue weighted by molar-refractivity contribution is 4.84. The third kappa shape index (κ3) is 0.889. The standard InChI is InChI=1S/C9H16/c1-7-2-3-8-4-5-9(7)6-8/h7-9H,2-6H2,1H3/t7-,8-,9+/m0/s1. The average molecular weight is 124 g/mol. The van der Waals surface area contributed by atoms with Crippen molar-refractivity contribution in [2.75, 3.05) is 0 Å². The van der Waals surface area contributed by atoms with Crippen LogP contribution in [-0.4, -0.2) is 0 Å². The van der Waals surface area contributed by atoms with Crippen molar-refractivity contribution in [2.45, 2.75) is 39.0 Å². The lowest BCUT2D eigenvalue weighted by Gasteiger charge is -2.24. The maximum Gasteiger partial charge on any atom is -0.0386 e. The van der Waals surface area contributed by atoms with Gasteiger partial charge in [0.25, 0.3) is 0 Å². The lowest BCUT2D eigenvalue weighted by atomic mass is 9.81. The molecule has 2 bridgehead atoms. The Labute approximate surface area is 57.6 Å². The maximum atomic E-state index is 2.44. The van der Waals surface area contributed by atoms with Gasteiger partial charge in [-0.25, -0.2) is 0 Å². The number of fused-ring (bicyclic) bond motifs is 2. The molecule has 0 aromatic rings. The first-order valence-electron chi connectivity index (χ1n) is 4.36. The monoisotopic (exact) mass is 124 g/mol. The molecule has 0 nitrogen and oxygen atoms in total. The van der Waals surface area contributed by atoms with Crippen LogP contribution in [0.25, 0.3) is 0 Å². The van der Waals surface area contributed by atoms with Gasteiger partial charge < -0.3 is 0 Å². The normalized spacial score (nSPS) is 49.7. The van der Waals surface area contributed by atoms with Gasteiger partial charge in [-0.2, -0.15) is 0 Å². The van der Waals surface area contributed by atoms with Crippen LogP contribution in [0, 0.1) is 17.8 Å². The molecule has 2 rings (SSSR count). The third-order valence-corrected chi connectivity index (χ3v) is 3.42. The molecule has 0 saturated heterocycles. The van der Waals surface area contributed by atoms with Crippen molar-refractivity contribution >= 4 is 0 Å². The van der Waals surface area contributed by atoms with E-state index in [4.69, 9.17) is 0 Å². The van der Waals surface area contributed by atoms with E-state index in [1.165, 1.54) is 12.8 Å². The molecular formula is C9H16. The largest absolute Gasteiger partial charge is 0.0622 e. The molecule has 9 heavy (non-hydrogen) atoms. The van der Waals surface area contributed by atoms with E-state index in [-0.39, 0.29) is 0 Å². The minimum atomic E-state index is 1.06. The Balaban J connectivity index is 2.05. The summed E-state index contributed by atoms with van der Waals surface area (Å²) in [7, 11) is 0. The topological polar surface area (TPSA) is 0 Å². The Morgan fingerprint density at radius 3 is 2.56 bits per heavy atom. The van der Waals surface area contributed by atoms with Crippen molar-refractivity contribution < 1.29 is 0 Å². The van der Waals surface area contributed by atoms with Gasteiger partial charge in [-0.15, -0.1) is 0 Å². The zero-order valence-electron chi connectivity index (χ0n) is 6.27. The van der Waals surface area contributed by atoms with Gasteiger partial charge in [0.15, 0.2) is 0 Å². The van der Waals surface area contributed by atoms with Crippen molar-refractivity contribution in [3.8, 4) is 0 Å². The summed E-state index contributed by atoms with van der Waals surface area (Å²) in [5.41, 5.74) is 0. The van der Waals surface area contributed by atoms with E-state index in [1.54, 1.807) is 19.3 Å². The highest BCUT2D eigenvalue weighted by Gasteiger charge is 2.32. The van der Waals surface area contributed by atoms with Crippen LogP contribution < -0.4 is 0 Å². The summed E-state index contributed by atoms with van der Waals surface area (Å²) in [6.45, 7) is 2.44. The Bertz CT molecular complexity index is 107. The van der Waals surface area contributed by atoms with Crippen LogP contribution >= 0.6 is 0 Å². The smallest absolute Gasteiger partial charge is 0.0386 e. The van der Waals surface area contributed by atoms with Gasteiger partial charge >= 0.3 is 0 Å². The SMILES string of the molecule is C[C@H]1CC[C@H]2CC[C@@H]1C2. The zero-order valence-corrected chi connectivity index (χ0v) is 6.27.